The van der Waals surface area contributed by atoms with E-state index in [-0.39, 0.29) is 5.91 Å². The van der Waals surface area contributed by atoms with E-state index in [1.54, 1.807) is 17.1 Å². The third-order valence-corrected chi connectivity index (χ3v) is 6.35. The normalized spacial score (nSPS) is 13.7. The molecule has 7 nitrogen and oxygen atoms in total. The van der Waals surface area contributed by atoms with Crippen LogP contribution in [0.4, 0.5) is 0 Å². The first-order chi connectivity index (χ1) is 14.1. The van der Waals surface area contributed by atoms with Crippen molar-refractivity contribution in [3.05, 3.63) is 64.3 Å². The van der Waals surface area contributed by atoms with Gasteiger partial charge in [0.2, 0.25) is 0 Å². The summed E-state index contributed by atoms with van der Waals surface area (Å²) in [5.41, 5.74) is 2.80. The Morgan fingerprint density at radius 3 is 2.86 bits per heavy atom. The maximum Gasteiger partial charge on any atom is 0.261 e. The van der Waals surface area contributed by atoms with Gasteiger partial charge in [0.25, 0.3) is 5.91 Å². The zero-order valence-corrected chi connectivity index (χ0v) is 17.0. The predicted molar refractivity (Wildman–Crippen MR) is 111 cm³/mol. The van der Waals surface area contributed by atoms with Crippen LogP contribution < -0.4 is 5.32 Å². The molecule has 0 aromatic carbocycles. The van der Waals surface area contributed by atoms with Gasteiger partial charge in [-0.3, -0.25) is 4.79 Å². The van der Waals surface area contributed by atoms with Gasteiger partial charge in [0.05, 0.1) is 10.6 Å². The lowest BCUT2D eigenvalue weighted by atomic mass is 10.1. The number of carbonyl (C=O) groups is 1. The van der Waals surface area contributed by atoms with E-state index in [4.69, 9.17) is 4.98 Å². The van der Waals surface area contributed by atoms with Crippen molar-refractivity contribution in [1.82, 2.24) is 30.0 Å². The zero-order valence-electron chi connectivity index (χ0n) is 16.2. The van der Waals surface area contributed by atoms with Crippen LogP contribution >= 0.6 is 11.3 Å². The van der Waals surface area contributed by atoms with E-state index in [9.17, 15) is 4.79 Å². The van der Waals surface area contributed by atoms with Crippen molar-refractivity contribution >= 4 is 27.5 Å². The number of hydrogen-bond donors (Lipinski definition) is 1. The van der Waals surface area contributed by atoms with Gasteiger partial charge in [0.15, 0.2) is 5.82 Å². The molecule has 1 aliphatic rings. The third-order valence-electron chi connectivity index (χ3n) is 5.17. The molecule has 1 fully saturated rings. The Kier molecular flexibility index (Phi) is 4.35. The number of rotatable bonds is 5. The van der Waals surface area contributed by atoms with Crippen LogP contribution in [0.25, 0.3) is 16.0 Å². The third kappa shape index (κ3) is 3.29. The minimum Gasteiger partial charge on any atom is -0.347 e. The van der Waals surface area contributed by atoms with Gasteiger partial charge in [-0.25, -0.2) is 19.6 Å². The van der Waals surface area contributed by atoms with Crippen LogP contribution in [-0.4, -0.2) is 30.6 Å². The van der Waals surface area contributed by atoms with Crippen molar-refractivity contribution < 1.29 is 4.79 Å². The molecule has 4 heterocycles. The Hall–Kier alpha value is -3.13. The Morgan fingerprint density at radius 2 is 2.10 bits per heavy atom. The van der Waals surface area contributed by atoms with Gasteiger partial charge in [0, 0.05) is 42.0 Å². The Labute approximate surface area is 171 Å². The van der Waals surface area contributed by atoms with Gasteiger partial charge >= 0.3 is 0 Å². The number of amides is 1. The number of pyridine rings is 1. The summed E-state index contributed by atoms with van der Waals surface area (Å²) in [6.07, 6.45) is 7.58. The lowest BCUT2D eigenvalue weighted by Gasteiger charge is -2.09. The van der Waals surface area contributed by atoms with Gasteiger partial charge in [-0.1, -0.05) is 6.07 Å². The molecule has 29 heavy (non-hydrogen) atoms. The van der Waals surface area contributed by atoms with Crippen LogP contribution in [0.2, 0.25) is 0 Å². The molecule has 4 aromatic rings. The summed E-state index contributed by atoms with van der Waals surface area (Å²) in [5.74, 6) is 2.02. The fraction of sp³-hybridized carbons (Fsp3) is 0.286. The monoisotopic (exact) mass is 404 g/mol. The minimum absolute atomic E-state index is 0.104. The molecule has 1 saturated carbocycles. The van der Waals surface area contributed by atoms with Crippen molar-refractivity contribution in [3.8, 4) is 5.82 Å². The number of aryl methyl sites for hydroxylation is 2. The molecule has 146 valence electrons. The molecule has 0 saturated heterocycles. The molecule has 1 N–H and O–H groups in total. The largest absolute Gasteiger partial charge is 0.347 e. The maximum absolute atomic E-state index is 13.0. The number of hydrogen-bond acceptors (Lipinski definition) is 6. The summed E-state index contributed by atoms with van der Waals surface area (Å²) in [7, 11) is 0. The van der Waals surface area contributed by atoms with Crippen molar-refractivity contribution in [3.63, 3.8) is 0 Å². The van der Waals surface area contributed by atoms with Gasteiger partial charge < -0.3 is 5.32 Å². The zero-order chi connectivity index (χ0) is 20.0. The number of nitrogens with zero attached hydrogens (tertiary/aromatic N) is 5. The number of thiophene rings is 1. The van der Waals surface area contributed by atoms with Crippen LogP contribution in [0.15, 0.2) is 36.8 Å². The van der Waals surface area contributed by atoms with E-state index in [2.05, 4.69) is 20.4 Å². The SMILES string of the molecule is Cc1nc(C2CC2)nc2sc(C(=O)NCc3cccnc3-n3cccn3)c(C)c12. The van der Waals surface area contributed by atoms with E-state index in [0.717, 1.165) is 45.7 Å². The maximum atomic E-state index is 13.0. The quantitative estimate of drug-likeness (QED) is 0.548. The molecule has 5 rings (SSSR count). The highest BCUT2D eigenvalue weighted by molar-refractivity contribution is 7.20. The van der Waals surface area contributed by atoms with E-state index < -0.39 is 0 Å². The summed E-state index contributed by atoms with van der Waals surface area (Å²) in [4.78, 5) is 28.4. The van der Waals surface area contributed by atoms with E-state index in [1.807, 2.05) is 38.2 Å². The molecule has 1 amide bonds. The molecule has 0 spiro atoms. The Morgan fingerprint density at radius 1 is 1.24 bits per heavy atom. The first kappa shape index (κ1) is 17.9. The van der Waals surface area contributed by atoms with Gasteiger partial charge in [-0.15, -0.1) is 11.3 Å². The molecule has 0 atom stereocenters. The van der Waals surface area contributed by atoms with Crippen LogP contribution in [0.1, 0.15) is 51.1 Å². The number of nitrogens with one attached hydrogen (secondary N) is 1. The fourth-order valence-corrected chi connectivity index (χ4v) is 4.68. The van der Waals surface area contributed by atoms with E-state index in [1.165, 1.54) is 11.3 Å². The average Bonchev–Trinajstić information content (AvgIpc) is 3.32. The molecule has 8 heteroatoms. The predicted octanol–water partition coefficient (Wildman–Crippen LogP) is 3.70. The summed E-state index contributed by atoms with van der Waals surface area (Å²) < 4.78 is 1.70. The number of fused-ring (bicyclic) bond motifs is 1. The summed E-state index contributed by atoms with van der Waals surface area (Å²) >= 11 is 1.45. The molecular formula is C21H20N6OS. The highest BCUT2D eigenvalue weighted by Crippen LogP contribution is 2.40. The molecule has 0 aliphatic heterocycles. The number of aromatic nitrogens is 5. The van der Waals surface area contributed by atoms with Crippen molar-refractivity contribution in [2.45, 2.75) is 39.2 Å². The second-order valence-corrected chi connectivity index (χ2v) is 8.30. The summed E-state index contributed by atoms with van der Waals surface area (Å²) in [5, 5.41) is 8.27. The molecule has 0 bridgehead atoms. The molecule has 1 aliphatic carbocycles. The highest BCUT2D eigenvalue weighted by Gasteiger charge is 2.28. The van der Waals surface area contributed by atoms with E-state index in [0.29, 0.717) is 23.2 Å². The van der Waals surface area contributed by atoms with E-state index >= 15 is 0 Å². The second-order valence-electron chi connectivity index (χ2n) is 7.30. The van der Waals surface area contributed by atoms with Crippen LogP contribution in [0.3, 0.4) is 0 Å². The van der Waals surface area contributed by atoms with Crippen molar-refractivity contribution in [1.29, 1.82) is 0 Å². The minimum atomic E-state index is -0.104. The number of carbonyl (C=O) groups excluding carboxylic acids is 1. The Bertz CT molecular complexity index is 1210. The molecular weight excluding hydrogens is 384 g/mol. The Balaban J connectivity index is 1.41. The second kappa shape index (κ2) is 7.04. The van der Waals surface area contributed by atoms with Gasteiger partial charge in [0.1, 0.15) is 10.7 Å². The topological polar surface area (TPSA) is 85.6 Å². The molecule has 4 aromatic heterocycles. The van der Waals surface area contributed by atoms with Crippen molar-refractivity contribution in [2.75, 3.05) is 0 Å². The average molecular weight is 404 g/mol. The molecule has 0 radical (unpaired) electrons. The lowest BCUT2D eigenvalue weighted by Crippen LogP contribution is -2.23. The van der Waals surface area contributed by atoms with Crippen LogP contribution in [0, 0.1) is 13.8 Å². The van der Waals surface area contributed by atoms with Crippen molar-refractivity contribution in [2.24, 2.45) is 0 Å². The molecule has 0 unspecified atom stereocenters. The smallest absolute Gasteiger partial charge is 0.261 e. The summed E-state index contributed by atoms with van der Waals surface area (Å²) in [6.45, 7) is 4.34. The first-order valence-electron chi connectivity index (χ1n) is 9.61. The first-order valence-corrected chi connectivity index (χ1v) is 10.4. The fourth-order valence-electron chi connectivity index (χ4n) is 3.52. The van der Waals surface area contributed by atoms with Crippen LogP contribution in [-0.2, 0) is 6.54 Å². The summed E-state index contributed by atoms with van der Waals surface area (Å²) in [6, 6.07) is 5.65. The van der Waals surface area contributed by atoms with Crippen LogP contribution in [0.5, 0.6) is 0 Å². The van der Waals surface area contributed by atoms with Gasteiger partial charge in [-0.05, 0) is 44.4 Å². The standard InChI is InChI=1S/C21H20N6OS/c1-12-16-13(2)25-18(14-6-7-14)26-21(16)29-17(12)20(28)23-11-15-5-3-8-22-19(15)27-10-4-9-24-27/h3-5,8-10,14H,6-7,11H2,1-2H3,(H,23,28). The highest BCUT2D eigenvalue weighted by atomic mass is 32.1. The van der Waals surface area contributed by atoms with Gasteiger partial charge in [-0.2, -0.15) is 5.10 Å². The lowest BCUT2D eigenvalue weighted by molar-refractivity contribution is 0.0954.